The normalized spacial score (nSPS) is 20.3. The van der Waals surface area contributed by atoms with Gasteiger partial charge >= 0.3 is 6.03 Å². The SMILES string of the molecule is CN(C)C(=O)NCCNCC1CCCN1. The van der Waals surface area contributed by atoms with E-state index in [1.165, 1.54) is 12.8 Å². The van der Waals surface area contributed by atoms with E-state index >= 15 is 0 Å². The van der Waals surface area contributed by atoms with Gasteiger partial charge in [0.2, 0.25) is 0 Å². The summed E-state index contributed by atoms with van der Waals surface area (Å²) in [6.45, 7) is 3.66. The monoisotopic (exact) mass is 214 g/mol. The van der Waals surface area contributed by atoms with Crippen LogP contribution in [0.2, 0.25) is 0 Å². The molecule has 1 heterocycles. The quantitative estimate of drug-likeness (QED) is 0.546. The summed E-state index contributed by atoms with van der Waals surface area (Å²) >= 11 is 0. The third-order valence-electron chi connectivity index (χ3n) is 2.54. The van der Waals surface area contributed by atoms with Gasteiger partial charge in [-0.2, -0.15) is 0 Å². The van der Waals surface area contributed by atoms with Crippen molar-refractivity contribution in [1.29, 1.82) is 0 Å². The smallest absolute Gasteiger partial charge is 0.316 e. The lowest BCUT2D eigenvalue weighted by molar-refractivity contribution is 0.217. The van der Waals surface area contributed by atoms with E-state index in [1.807, 2.05) is 0 Å². The minimum Gasteiger partial charge on any atom is -0.337 e. The standard InChI is InChI=1S/C10H22N4O/c1-14(2)10(15)13-7-6-11-8-9-4-3-5-12-9/h9,11-12H,3-8H2,1-2H3,(H,13,15). The summed E-state index contributed by atoms with van der Waals surface area (Å²) in [6, 6.07) is 0.588. The van der Waals surface area contributed by atoms with Crippen molar-refractivity contribution in [2.24, 2.45) is 0 Å². The molecule has 15 heavy (non-hydrogen) atoms. The number of amides is 2. The van der Waals surface area contributed by atoms with Crippen molar-refractivity contribution in [2.75, 3.05) is 40.3 Å². The average molecular weight is 214 g/mol. The fourth-order valence-electron chi connectivity index (χ4n) is 1.62. The Balaban J connectivity index is 1.90. The largest absolute Gasteiger partial charge is 0.337 e. The van der Waals surface area contributed by atoms with Gasteiger partial charge in [0, 0.05) is 39.8 Å². The highest BCUT2D eigenvalue weighted by atomic mass is 16.2. The van der Waals surface area contributed by atoms with Crippen LogP contribution in [0, 0.1) is 0 Å². The van der Waals surface area contributed by atoms with Crippen molar-refractivity contribution in [3.63, 3.8) is 0 Å². The van der Waals surface area contributed by atoms with E-state index < -0.39 is 0 Å². The van der Waals surface area contributed by atoms with Crippen LogP contribution in [0.3, 0.4) is 0 Å². The lowest BCUT2D eigenvalue weighted by Gasteiger charge is -2.14. The van der Waals surface area contributed by atoms with Crippen molar-refractivity contribution in [3.8, 4) is 0 Å². The molecular formula is C10H22N4O. The highest BCUT2D eigenvalue weighted by molar-refractivity contribution is 5.73. The number of nitrogens with one attached hydrogen (secondary N) is 3. The maximum absolute atomic E-state index is 11.1. The van der Waals surface area contributed by atoms with Crippen LogP contribution in [0.25, 0.3) is 0 Å². The molecule has 1 rings (SSSR count). The summed E-state index contributed by atoms with van der Waals surface area (Å²) in [5, 5.41) is 9.55. The minimum absolute atomic E-state index is 0.0317. The molecule has 1 saturated heterocycles. The van der Waals surface area contributed by atoms with E-state index in [1.54, 1.807) is 19.0 Å². The first-order valence-electron chi connectivity index (χ1n) is 5.59. The highest BCUT2D eigenvalue weighted by Gasteiger charge is 2.12. The van der Waals surface area contributed by atoms with Gasteiger partial charge in [0.05, 0.1) is 0 Å². The van der Waals surface area contributed by atoms with Crippen LogP contribution in [-0.4, -0.2) is 57.2 Å². The van der Waals surface area contributed by atoms with Crippen molar-refractivity contribution < 1.29 is 4.79 Å². The summed E-state index contributed by atoms with van der Waals surface area (Å²) in [5.74, 6) is 0. The molecule has 0 aromatic carbocycles. The summed E-state index contributed by atoms with van der Waals surface area (Å²) in [6.07, 6.45) is 2.54. The second-order valence-electron chi connectivity index (χ2n) is 4.12. The molecule has 1 fully saturated rings. The van der Waals surface area contributed by atoms with Gasteiger partial charge in [0.25, 0.3) is 0 Å². The molecule has 5 heteroatoms. The van der Waals surface area contributed by atoms with Crippen molar-refractivity contribution in [1.82, 2.24) is 20.9 Å². The number of rotatable bonds is 5. The molecule has 1 aliphatic rings. The Bertz CT molecular complexity index is 190. The maximum Gasteiger partial charge on any atom is 0.316 e. The van der Waals surface area contributed by atoms with Gasteiger partial charge < -0.3 is 20.9 Å². The van der Waals surface area contributed by atoms with Crippen molar-refractivity contribution in [3.05, 3.63) is 0 Å². The van der Waals surface area contributed by atoms with E-state index in [2.05, 4.69) is 16.0 Å². The zero-order valence-electron chi connectivity index (χ0n) is 9.68. The van der Waals surface area contributed by atoms with Crippen LogP contribution < -0.4 is 16.0 Å². The van der Waals surface area contributed by atoms with Gasteiger partial charge in [0.1, 0.15) is 0 Å². The maximum atomic E-state index is 11.1. The molecule has 0 aliphatic carbocycles. The van der Waals surface area contributed by atoms with Crippen LogP contribution in [-0.2, 0) is 0 Å². The van der Waals surface area contributed by atoms with Crippen LogP contribution in [0.5, 0.6) is 0 Å². The molecule has 0 spiro atoms. The molecule has 1 unspecified atom stereocenters. The first-order valence-corrected chi connectivity index (χ1v) is 5.59. The van der Waals surface area contributed by atoms with Crippen LogP contribution in [0.15, 0.2) is 0 Å². The molecule has 1 atom stereocenters. The van der Waals surface area contributed by atoms with Crippen molar-refractivity contribution >= 4 is 6.03 Å². The Kier molecular flexibility index (Phi) is 5.42. The lowest BCUT2D eigenvalue weighted by Crippen LogP contribution is -2.41. The van der Waals surface area contributed by atoms with E-state index in [0.717, 1.165) is 19.6 Å². The van der Waals surface area contributed by atoms with Gasteiger partial charge in [-0.05, 0) is 19.4 Å². The third-order valence-corrected chi connectivity index (χ3v) is 2.54. The van der Waals surface area contributed by atoms with Gasteiger partial charge in [-0.3, -0.25) is 0 Å². The first kappa shape index (κ1) is 12.3. The van der Waals surface area contributed by atoms with Gasteiger partial charge in [-0.1, -0.05) is 0 Å². The fourth-order valence-corrected chi connectivity index (χ4v) is 1.62. The molecule has 5 nitrogen and oxygen atoms in total. The summed E-state index contributed by atoms with van der Waals surface area (Å²) in [4.78, 5) is 12.7. The molecule has 0 aromatic heterocycles. The van der Waals surface area contributed by atoms with Crippen molar-refractivity contribution in [2.45, 2.75) is 18.9 Å². The van der Waals surface area contributed by atoms with Gasteiger partial charge in [-0.25, -0.2) is 4.79 Å². The Labute approximate surface area is 91.6 Å². The zero-order valence-corrected chi connectivity index (χ0v) is 9.68. The Hall–Kier alpha value is -0.810. The van der Waals surface area contributed by atoms with Crippen LogP contribution in [0.1, 0.15) is 12.8 Å². The lowest BCUT2D eigenvalue weighted by atomic mass is 10.2. The molecule has 0 bridgehead atoms. The van der Waals surface area contributed by atoms with E-state index in [4.69, 9.17) is 0 Å². The predicted molar refractivity (Wildman–Crippen MR) is 61.0 cm³/mol. The topological polar surface area (TPSA) is 56.4 Å². The number of hydrogen-bond donors (Lipinski definition) is 3. The molecular weight excluding hydrogens is 192 g/mol. The fraction of sp³-hybridized carbons (Fsp3) is 0.900. The molecule has 3 N–H and O–H groups in total. The molecule has 0 aromatic rings. The second kappa shape index (κ2) is 6.63. The van der Waals surface area contributed by atoms with E-state index in [-0.39, 0.29) is 6.03 Å². The number of carbonyl (C=O) groups excluding carboxylic acids is 1. The third kappa shape index (κ3) is 4.99. The number of carbonyl (C=O) groups is 1. The van der Waals surface area contributed by atoms with Crippen LogP contribution >= 0.6 is 0 Å². The Morgan fingerprint density at radius 3 is 2.87 bits per heavy atom. The molecule has 88 valence electrons. The molecule has 2 amide bonds. The first-order chi connectivity index (χ1) is 7.20. The number of nitrogens with zero attached hydrogens (tertiary/aromatic N) is 1. The number of urea groups is 1. The second-order valence-corrected chi connectivity index (χ2v) is 4.12. The van der Waals surface area contributed by atoms with E-state index in [9.17, 15) is 4.79 Å². The van der Waals surface area contributed by atoms with Crippen LogP contribution in [0.4, 0.5) is 4.79 Å². The zero-order chi connectivity index (χ0) is 11.1. The van der Waals surface area contributed by atoms with Gasteiger partial charge in [-0.15, -0.1) is 0 Å². The number of hydrogen-bond acceptors (Lipinski definition) is 3. The Morgan fingerprint density at radius 1 is 1.47 bits per heavy atom. The summed E-state index contributed by atoms with van der Waals surface area (Å²) in [5.41, 5.74) is 0. The van der Waals surface area contributed by atoms with Gasteiger partial charge in [0.15, 0.2) is 0 Å². The molecule has 1 aliphatic heterocycles. The average Bonchev–Trinajstić information content (AvgIpc) is 2.69. The highest BCUT2D eigenvalue weighted by Crippen LogP contribution is 2.02. The Morgan fingerprint density at radius 2 is 2.27 bits per heavy atom. The van der Waals surface area contributed by atoms with E-state index in [0.29, 0.717) is 12.6 Å². The molecule has 0 radical (unpaired) electrons. The molecule has 0 saturated carbocycles. The minimum atomic E-state index is -0.0317. The summed E-state index contributed by atoms with van der Waals surface area (Å²) in [7, 11) is 3.48. The predicted octanol–water partition coefficient (Wildman–Crippen LogP) is -0.401. The summed E-state index contributed by atoms with van der Waals surface area (Å²) < 4.78 is 0.